The Morgan fingerprint density at radius 1 is 1.36 bits per heavy atom. The molecule has 1 atom stereocenters. The molecule has 1 saturated heterocycles. The summed E-state index contributed by atoms with van der Waals surface area (Å²) in [5.74, 6) is 0.821. The van der Waals surface area contributed by atoms with Crippen molar-refractivity contribution in [1.29, 1.82) is 0 Å². The van der Waals surface area contributed by atoms with E-state index in [0.29, 0.717) is 6.61 Å². The molecule has 1 heterocycles. The zero-order valence-corrected chi connectivity index (χ0v) is 18.0. The van der Waals surface area contributed by atoms with Gasteiger partial charge in [0.1, 0.15) is 0 Å². The number of aliphatic imine (C=N–C) groups is 1. The van der Waals surface area contributed by atoms with Gasteiger partial charge in [0.25, 0.3) is 0 Å². The maximum atomic E-state index is 9.30. The first-order valence-electron chi connectivity index (χ1n) is 9.09. The summed E-state index contributed by atoms with van der Waals surface area (Å²) in [6, 6.07) is 0.736. The lowest BCUT2D eigenvalue weighted by molar-refractivity contribution is 0.127. The summed E-state index contributed by atoms with van der Waals surface area (Å²) in [5.41, 5.74) is 0.0326. The van der Waals surface area contributed by atoms with Gasteiger partial charge in [0.15, 0.2) is 5.96 Å². The standard InChI is InChI=1S/C17H34N4O3.HI/c1-18-16(20-13-17(5-10-22)6-11-24-14-17)19-7-8-21(9-12-23-2)15-3-4-15;/h15,22H,3-14H2,1-2H3,(H2,18,19,20);1H. The fourth-order valence-corrected chi connectivity index (χ4v) is 3.25. The van der Waals surface area contributed by atoms with E-state index in [-0.39, 0.29) is 36.0 Å². The van der Waals surface area contributed by atoms with Gasteiger partial charge in [-0.15, -0.1) is 24.0 Å². The van der Waals surface area contributed by atoms with Gasteiger partial charge in [-0.1, -0.05) is 0 Å². The van der Waals surface area contributed by atoms with E-state index in [4.69, 9.17) is 9.47 Å². The molecule has 2 fully saturated rings. The Labute approximate surface area is 168 Å². The van der Waals surface area contributed by atoms with E-state index in [0.717, 1.165) is 64.2 Å². The van der Waals surface area contributed by atoms with Gasteiger partial charge in [0.05, 0.1) is 13.2 Å². The minimum absolute atomic E-state index is 0. The molecule has 148 valence electrons. The van der Waals surface area contributed by atoms with E-state index >= 15 is 0 Å². The number of hydrogen-bond donors (Lipinski definition) is 3. The van der Waals surface area contributed by atoms with Crippen LogP contribution in [0.15, 0.2) is 4.99 Å². The van der Waals surface area contributed by atoms with Crippen molar-refractivity contribution >= 4 is 29.9 Å². The molecule has 3 N–H and O–H groups in total. The third-order valence-electron chi connectivity index (χ3n) is 5.02. The summed E-state index contributed by atoms with van der Waals surface area (Å²) in [6.45, 7) is 6.12. The van der Waals surface area contributed by atoms with Crippen LogP contribution in [-0.2, 0) is 9.47 Å². The van der Waals surface area contributed by atoms with Crippen molar-refractivity contribution in [2.75, 3.05) is 66.8 Å². The van der Waals surface area contributed by atoms with Crippen LogP contribution in [0, 0.1) is 5.41 Å². The first-order valence-corrected chi connectivity index (χ1v) is 9.09. The highest BCUT2D eigenvalue weighted by molar-refractivity contribution is 14.0. The number of nitrogens with one attached hydrogen (secondary N) is 2. The molecule has 1 aliphatic heterocycles. The van der Waals surface area contributed by atoms with Gasteiger partial charge in [0.2, 0.25) is 0 Å². The molecule has 0 aromatic heterocycles. The molecule has 0 radical (unpaired) electrons. The van der Waals surface area contributed by atoms with Gasteiger partial charge in [0, 0.05) is 65.0 Å². The van der Waals surface area contributed by atoms with Crippen molar-refractivity contribution < 1.29 is 14.6 Å². The highest BCUT2D eigenvalue weighted by Crippen LogP contribution is 2.31. The Morgan fingerprint density at radius 3 is 2.72 bits per heavy atom. The Morgan fingerprint density at radius 2 is 2.16 bits per heavy atom. The van der Waals surface area contributed by atoms with Gasteiger partial charge in [-0.05, 0) is 25.7 Å². The monoisotopic (exact) mass is 470 g/mol. The average molecular weight is 470 g/mol. The number of halogens is 1. The fourth-order valence-electron chi connectivity index (χ4n) is 3.25. The average Bonchev–Trinajstić information content (AvgIpc) is 3.34. The van der Waals surface area contributed by atoms with E-state index in [2.05, 4.69) is 20.5 Å². The molecule has 2 rings (SSSR count). The number of methoxy groups -OCH3 is 1. The van der Waals surface area contributed by atoms with Gasteiger partial charge >= 0.3 is 0 Å². The summed E-state index contributed by atoms with van der Waals surface area (Å²) in [6.07, 6.45) is 4.37. The summed E-state index contributed by atoms with van der Waals surface area (Å²) in [7, 11) is 3.55. The molecule has 0 aromatic rings. The number of guanidine groups is 1. The molecule has 0 bridgehead atoms. The van der Waals surface area contributed by atoms with Crippen LogP contribution in [0.5, 0.6) is 0 Å². The molecular weight excluding hydrogens is 435 g/mol. The van der Waals surface area contributed by atoms with Crippen molar-refractivity contribution in [2.45, 2.75) is 31.7 Å². The molecule has 7 nitrogen and oxygen atoms in total. The highest BCUT2D eigenvalue weighted by atomic mass is 127. The number of aliphatic hydroxyl groups is 1. The van der Waals surface area contributed by atoms with Gasteiger partial charge < -0.3 is 25.2 Å². The third kappa shape index (κ3) is 7.94. The predicted octanol–water partition coefficient (Wildman–Crippen LogP) is 0.669. The van der Waals surface area contributed by atoms with Crippen LogP contribution in [0.4, 0.5) is 0 Å². The quantitative estimate of drug-likeness (QED) is 0.234. The molecular formula is C17H35IN4O3. The van der Waals surface area contributed by atoms with E-state index in [9.17, 15) is 5.11 Å². The molecule has 1 aliphatic carbocycles. The lowest BCUT2D eigenvalue weighted by Crippen LogP contribution is -2.46. The second-order valence-corrected chi connectivity index (χ2v) is 6.89. The first kappa shape index (κ1) is 22.9. The lowest BCUT2D eigenvalue weighted by Gasteiger charge is -2.28. The number of hydrogen-bond acceptors (Lipinski definition) is 5. The van der Waals surface area contributed by atoms with Crippen molar-refractivity contribution in [1.82, 2.24) is 15.5 Å². The smallest absolute Gasteiger partial charge is 0.191 e. The van der Waals surface area contributed by atoms with Crippen molar-refractivity contribution in [3.63, 3.8) is 0 Å². The Balaban J connectivity index is 0.00000312. The molecule has 8 heteroatoms. The predicted molar refractivity (Wildman–Crippen MR) is 111 cm³/mol. The zero-order valence-electron chi connectivity index (χ0n) is 15.6. The lowest BCUT2D eigenvalue weighted by atomic mass is 9.84. The number of rotatable bonds is 11. The maximum Gasteiger partial charge on any atom is 0.191 e. The number of nitrogens with zero attached hydrogens (tertiary/aromatic N) is 2. The first-order chi connectivity index (χ1) is 11.7. The molecule has 25 heavy (non-hydrogen) atoms. The van der Waals surface area contributed by atoms with Crippen LogP contribution >= 0.6 is 24.0 Å². The summed E-state index contributed by atoms with van der Waals surface area (Å²) in [4.78, 5) is 6.80. The SMILES string of the molecule is CN=C(NCCN(CCOC)C1CC1)NCC1(CCO)CCOC1.I. The molecule has 1 unspecified atom stereocenters. The number of aliphatic hydroxyl groups excluding tert-OH is 1. The van der Waals surface area contributed by atoms with Crippen LogP contribution in [-0.4, -0.2) is 88.8 Å². The Hall–Kier alpha value is -0.160. The summed E-state index contributed by atoms with van der Waals surface area (Å²) in [5, 5.41) is 16.1. The van der Waals surface area contributed by atoms with Gasteiger partial charge in [-0.25, -0.2) is 0 Å². The Kier molecular flexibility index (Phi) is 11.2. The third-order valence-corrected chi connectivity index (χ3v) is 5.02. The zero-order chi connectivity index (χ0) is 17.3. The second-order valence-electron chi connectivity index (χ2n) is 6.89. The van der Waals surface area contributed by atoms with Crippen LogP contribution in [0.1, 0.15) is 25.7 Å². The van der Waals surface area contributed by atoms with Crippen molar-refractivity contribution in [3.05, 3.63) is 0 Å². The summed E-state index contributed by atoms with van der Waals surface area (Å²) < 4.78 is 10.7. The second kappa shape index (κ2) is 12.3. The molecule has 0 spiro atoms. The van der Waals surface area contributed by atoms with E-state index in [1.807, 2.05) is 0 Å². The highest BCUT2D eigenvalue weighted by Gasteiger charge is 2.34. The van der Waals surface area contributed by atoms with Crippen LogP contribution in [0.3, 0.4) is 0 Å². The van der Waals surface area contributed by atoms with Crippen molar-refractivity contribution in [3.8, 4) is 0 Å². The van der Waals surface area contributed by atoms with Crippen molar-refractivity contribution in [2.24, 2.45) is 10.4 Å². The maximum absolute atomic E-state index is 9.30. The number of ether oxygens (including phenoxy) is 2. The molecule has 0 aromatic carbocycles. The van der Waals surface area contributed by atoms with E-state index in [1.165, 1.54) is 12.8 Å². The normalized spacial score (nSPS) is 23.6. The van der Waals surface area contributed by atoms with Crippen LogP contribution < -0.4 is 10.6 Å². The van der Waals surface area contributed by atoms with Gasteiger partial charge in [-0.2, -0.15) is 0 Å². The minimum atomic E-state index is 0. The van der Waals surface area contributed by atoms with Gasteiger partial charge in [-0.3, -0.25) is 9.89 Å². The topological polar surface area (TPSA) is 78.4 Å². The molecule has 2 aliphatic rings. The molecule has 0 amide bonds. The minimum Gasteiger partial charge on any atom is -0.396 e. The largest absolute Gasteiger partial charge is 0.396 e. The van der Waals surface area contributed by atoms with E-state index < -0.39 is 0 Å². The molecule has 1 saturated carbocycles. The Bertz CT molecular complexity index is 388. The fraction of sp³-hybridized carbons (Fsp3) is 0.941. The van der Waals surface area contributed by atoms with Crippen LogP contribution in [0.2, 0.25) is 0 Å². The van der Waals surface area contributed by atoms with Crippen LogP contribution in [0.25, 0.3) is 0 Å². The summed E-state index contributed by atoms with van der Waals surface area (Å²) >= 11 is 0. The van der Waals surface area contributed by atoms with E-state index in [1.54, 1.807) is 14.2 Å².